The fourth-order valence-electron chi connectivity index (χ4n) is 6.78. The largest absolute Gasteiger partial charge is 0.350 e. The van der Waals surface area contributed by atoms with Crippen molar-refractivity contribution in [3.8, 4) is 0 Å². The molecule has 5 rings (SSSR count). The van der Waals surface area contributed by atoms with E-state index >= 15 is 0 Å². The van der Waals surface area contributed by atoms with Crippen LogP contribution in [-0.4, -0.2) is 59.9 Å². The number of urea groups is 1. The lowest BCUT2D eigenvalue weighted by Gasteiger charge is -2.27. The van der Waals surface area contributed by atoms with E-state index in [0.717, 1.165) is 28.2 Å². The number of nitrogens with one attached hydrogen (secondary N) is 2. The van der Waals surface area contributed by atoms with Gasteiger partial charge in [-0.25, -0.2) is 4.79 Å². The Hall–Kier alpha value is -2.80. The lowest BCUT2D eigenvalue weighted by atomic mass is 10.1. The summed E-state index contributed by atoms with van der Waals surface area (Å²) < 4.78 is 24.9. The first-order valence-electron chi connectivity index (χ1n) is 18.8. The minimum absolute atomic E-state index is 0.0611. The Labute approximate surface area is 312 Å². The molecule has 3 amide bonds. The number of thiophene rings is 2. The minimum atomic E-state index is -0.758. The van der Waals surface area contributed by atoms with Crippen molar-refractivity contribution < 1.29 is 28.5 Å². The van der Waals surface area contributed by atoms with E-state index in [1.807, 2.05) is 72.8 Å². The Bertz CT molecular complexity index is 1410. The first-order chi connectivity index (χ1) is 24.7. The highest BCUT2D eigenvalue weighted by Crippen LogP contribution is 2.40. The number of unbranched alkanes of at least 4 members (excludes halogenated alkanes) is 9. The van der Waals surface area contributed by atoms with Crippen molar-refractivity contribution in [3.63, 3.8) is 0 Å². The molecular weight excluding hydrogens is 683 g/mol. The topological polar surface area (TPSA) is 98.4 Å². The first kappa shape index (κ1) is 39.4. The van der Waals surface area contributed by atoms with Gasteiger partial charge in [0.15, 0.2) is 12.1 Å². The number of fused-ring (bicyclic) bond motifs is 1. The van der Waals surface area contributed by atoms with Gasteiger partial charge in [0.05, 0.1) is 25.6 Å². The van der Waals surface area contributed by atoms with Crippen LogP contribution in [-0.2, 0) is 43.3 Å². The van der Waals surface area contributed by atoms with Gasteiger partial charge < -0.3 is 34.5 Å². The molecule has 2 fully saturated rings. The average Bonchev–Trinajstić information content (AvgIpc) is 3.91. The third kappa shape index (κ3) is 12.4. The summed E-state index contributed by atoms with van der Waals surface area (Å²) in [5.41, 5.74) is 1.52. The van der Waals surface area contributed by atoms with Crippen molar-refractivity contribution in [3.05, 3.63) is 74.6 Å². The summed E-state index contributed by atoms with van der Waals surface area (Å²) in [6.45, 7) is 9.73. The van der Waals surface area contributed by atoms with Gasteiger partial charge in [0.25, 0.3) is 0 Å². The molecule has 9 nitrogen and oxygen atoms in total. The molecule has 2 aliphatic heterocycles. The van der Waals surface area contributed by atoms with Gasteiger partial charge in [-0.05, 0) is 67.8 Å². The zero-order chi connectivity index (χ0) is 36.1. The van der Waals surface area contributed by atoms with Crippen LogP contribution in [0.1, 0.15) is 107 Å². The van der Waals surface area contributed by atoms with Gasteiger partial charge in [-0.1, -0.05) is 89.0 Å². The van der Waals surface area contributed by atoms with Crippen LogP contribution < -0.4 is 10.6 Å². The van der Waals surface area contributed by atoms with Gasteiger partial charge in [0.2, 0.25) is 5.91 Å². The molecule has 51 heavy (non-hydrogen) atoms. The highest BCUT2D eigenvalue weighted by molar-refractivity contribution is 7.10. The highest BCUT2D eigenvalue weighted by atomic mass is 32.1. The van der Waals surface area contributed by atoms with Crippen LogP contribution in [0.2, 0.25) is 0 Å². The maximum atomic E-state index is 13.4. The molecule has 5 atom stereocenters. The second kappa shape index (κ2) is 19.9. The smallest absolute Gasteiger partial charge is 0.319 e. The Morgan fingerprint density at radius 1 is 0.843 bits per heavy atom. The second-order valence-corrected chi connectivity index (χ2v) is 16.3. The van der Waals surface area contributed by atoms with E-state index in [1.165, 1.54) is 51.4 Å². The van der Waals surface area contributed by atoms with Crippen molar-refractivity contribution >= 4 is 40.3 Å². The summed E-state index contributed by atoms with van der Waals surface area (Å²) in [5.74, 6) is -0.697. The van der Waals surface area contributed by atoms with Crippen LogP contribution in [0.25, 0.3) is 0 Å². The van der Waals surface area contributed by atoms with Crippen molar-refractivity contribution in [1.29, 1.82) is 0 Å². The van der Waals surface area contributed by atoms with Crippen LogP contribution in [0, 0.1) is 0 Å². The van der Waals surface area contributed by atoms with Gasteiger partial charge >= 0.3 is 6.03 Å². The van der Waals surface area contributed by atoms with Crippen LogP contribution >= 0.6 is 22.7 Å². The van der Waals surface area contributed by atoms with E-state index < -0.39 is 18.2 Å². The summed E-state index contributed by atoms with van der Waals surface area (Å²) in [5, 5.41) is 10.0. The number of ether oxygens (including phenoxy) is 4. The third-order valence-electron chi connectivity index (χ3n) is 9.45. The summed E-state index contributed by atoms with van der Waals surface area (Å²) in [4.78, 5) is 30.7. The van der Waals surface area contributed by atoms with Gasteiger partial charge in [0.1, 0.15) is 18.3 Å². The Morgan fingerprint density at radius 2 is 1.43 bits per heavy atom. The molecule has 4 heterocycles. The Morgan fingerprint density at radius 3 is 2.02 bits per heavy atom. The van der Waals surface area contributed by atoms with E-state index in [0.29, 0.717) is 25.4 Å². The molecule has 0 radical (unpaired) electrons. The van der Waals surface area contributed by atoms with Crippen molar-refractivity contribution in [1.82, 2.24) is 10.2 Å². The number of rotatable bonds is 21. The molecule has 3 aromatic rings. The molecule has 0 spiro atoms. The molecule has 2 N–H and O–H groups in total. The molecule has 0 aliphatic carbocycles. The van der Waals surface area contributed by atoms with Gasteiger partial charge in [-0.3, -0.25) is 4.79 Å². The summed E-state index contributed by atoms with van der Waals surface area (Å²) in [7, 11) is 0. The Kier molecular flexibility index (Phi) is 15.4. The predicted molar refractivity (Wildman–Crippen MR) is 205 cm³/mol. The van der Waals surface area contributed by atoms with E-state index in [4.69, 9.17) is 18.9 Å². The van der Waals surface area contributed by atoms with Crippen LogP contribution in [0.4, 0.5) is 10.5 Å². The fourth-order valence-corrected chi connectivity index (χ4v) is 8.22. The Balaban J connectivity index is 1.05. The summed E-state index contributed by atoms with van der Waals surface area (Å²) >= 11 is 3.31. The zero-order valence-corrected chi connectivity index (χ0v) is 32.4. The monoisotopic (exact) mass is 739 g/mol. The third-order valence-corrected chi connectivity index (χ3v) is 11.2. The van der Waals surface area contributed by atoms with E-state index in [-0.39, 0.29) is 36.6 Å². The van der Waals surface area contributed by atoms with E-state index in [1.54, 1.807) is 22.7 Å². The number of carbonyl (C=O) groups is 2. The van der Waals surface area contributed by atoms with Crippen LogP contribution in [0.3, 0.4) is 0 Å². The molecule has 11 heteroatoms. The molecule has 0 unspecified atom stereocenters. The number of hydrogen-bond donors (Lipinski definition) is 2. The van der Waals surface area contributed by atoms with Crippen molar-refractivity contribution in [2.75, 3.05) is 11.9 Å². The van der Waals surface area contributed by atoms with Crippen LogP contribution in [0.15, 0.2) is 59.3 Å². The first-order valence-corrected chi connectivity index (χ1v) is 20.6. The zero-order valence-electron chi connectivity index (χ0n) is 30.8. The molecule has 0 saturated carbocycles. The van der Waals surface area contributed by atoms with Gasteiger partial charge in [-0.2, -0.15) is 0 Å². The number of carbonyl (C=O) groups excluding carboxylic acids is 2. The van der Waals surface area contributed by atoms with Crippen molar-refractivity contribution in [2.24, 2.45) is 0 Å². The number of hydrogen-bond acceptors (Lipinski definition) is 8. The second-order valence-electron chi connectivity index (χ2n) is 14.3. The maximum Gasteiger partial charge on any atom is 0.319 e. The van der Waals surface area contributed by atoms with Crippen LogP contribution in [0.5, 0.6) is 0 Å². The number of anilines is 1. The predicted octanol–water partition coefficient (Wildman–Crippen LogP) is 9.27. The SMILES string of the molecule is CCCCCCCCCCCCO[C@H]1O[C@H]([C@H](C)NC(=O)Nc2ccc(CC(=O)N(Cc3cccs3)Cc3cccs3)cc2)[C@@H]2OC(C)(C)O[C@H]12. The lowest BCUT2D eigenvalue weighted by molar-refractivity contribution is -0.235. The molecule has 280 valence electrons. The fraction of sp³-hybridized carbons (Fsp3) is 0.600. The number of benzene rings is 1. The van der Waals surface area contributed by atoms with Crippen molar-refractivity contribution in [2.45, 2.75) is 148 Å². The number of amides is 3. The molecule has 2 aliphatic rings. The van der Waals surface area contributed by atoms with E-state index in [9.17, 15) is 9.59 Å². The molecule has 2 aromatic heterocycles. The lowest BCUT2D eigenvalue weighted by Crippen LogP contribution is -2.48. The highest BCUT2D eigenvalue weighted by Gasteiger charge is 2.57. The quantitative estimate of drug-likeness (QED) is 0.106. The van der Waals surface area contributed by atoms with Gasteiger partial charge in [0, 0.05) is 22.0 Å². The normalized spacial score (nSPS) is 21.3. The standard InChI is InChI=1S/C40H57N3O6S2/c1-5-6-7-8-9-10-11-12-13-14-23-46-38-37-36(48-40(3,4)49-37)35(47-38)29(2)41-39(45)42-31-21-19-30(20-22-31)26-34(44)43(27-32-17-15-24-50-32)28-33-18-16-25-51-33/h15-22,24-25,29,35-38H,5-14,23,26-28H2,1-4H3,(H2,41,42,45)/t29-,35+,36-,37-,38-/m0/s1. The maximum absolute atomic E-state index is 13.4. The molecule has 0 bridgehead atoms. The summed E-state index contributed by atoms with van der Waals surface area (Å²) in [6, 6.07) is 14.9. The minimum Gasteiger partial charge on any atom is -0.350 e. The van der Waals surface area contributed by atoms with E-state index in [2.05, 4.69) is 29.7 Å². The summed E-state index contributed by atoms with van der Waals surface area (Å²) in [6.07, 6.45) is 11.2. The van der Waals surface area contributed by atoms with Gasteiger partial charge in [-0.15, -0.1) is 22.7 Å². The molecule has 1 aromatic carbocycles. The number of nitrogens with zero attached hydrogens (tertiary/aromatic N) is 1. The molecular formula is C40H57N3O6S2. The average molecular weight is 740 g/mol. The molecule has 2 saturated heterocycles.